The largest absolute Gasteiger partial charge is 0.331 e. The molecule has 0 aliphatic heterocycles. The van der Waals surface area contributed by atoms with Crippen LogP contribution in [0.25, 0.3) is 0 Å². The zero-order valence-corrected chi connectivity index (χ0v) is 13.4. The van der Waals surface area contributed by atoms with Gasteiger partial charge in [-0.15, -0.1) is 0 Å². The minimum absolute atomic E-state index is 0.422. The Morgan fingerprint density at radius 3 is 1.89 bits per heavy atom. The summed E-state index contributed by atoms with van der Waals surface area (Å²) < 4.78 is 22.9. The van der Waals surface area contributed by atoms with E-state index in [1.165, 1.54) is 12.8 Å². The van der Waals surface area contributed by atoms with E-state index in [9.17, 15) is 4.57 Å². The van der Waals surface area contributed by atoms with E-state index in [1.54, 1.807) is 0 Å². The summed E-state index contributed by atoms with van der Waals surface area (Å²) in [4.78, 5) is 2.23. The number of hydrogen-bond acceptors (Lipinski definition) is 4. The lowest BCUT2D eigenvalue weighted by Gasteiger charge is -2.24. The first-order chi connectivity index (χ1) is 8.61. The molecule has 0 radical (unpaired) electrons. The molecule has 4 nitrogen and oxygen atoms in total. The molecule has 0 N–H and O–H groups in total. The first-order valence-corrected chi connectivity index (χ1v) is 8.95. The van der Waals surface area contributed by atoms with Crippen molar-refractivity contribution in [2.75, 3.05) is 32.6 Å². The van der Waals surface area contributed by atoms with Gasteiger partial charge in [0.2, 0.25) is 0 Å². The highest BCUT2D eigenvalue weighted by molar-refractivity contribution is 7.53. The van der Waals surface area contributed by atoms with Gasteiger partial charge in [-0.2, -0.15) is 0 Å². The molecular weight excluding hydrogens is 249 g/mol. The summed E-state index contributed by atoms with van der Waals surface area (Å²) in [5.41, 5.74) is 0. The average Bonchev–Trinajstić information content (AvgIpc) is 2.38. The van der Waals surface area contributed by atoms with Crippen molar-refractivity contribution in [3.05, 3.63) is 0 Å². The summed E-state index contributed by atoms with van der Waals surface area (Å²) in [5.74, 6) is 0. The third-order valence-electron chi connectivity index (χ3n) is 2.81. The summed E-state index contributed by atoms with van der Waals surface area (Å²) in [6.45, 7) is 10.9. The molecule has 1 atom stereocenters. The molecule has 0 aliphatic carbocycles. The van der Waals surface area contributed by atoms with E-state index in [1.807, 2.05) is 13.8 Å². The smallest absolute Gasteiger partial charge is 0.309 e. The van der Waals surface area contributed by atoms with Crippen LogP contribution in [0.5, 0.6) is 0 Å². The van der Waals surface area contributed by atoms with Crippen molar-refractivity contribution in [3.8, 4) is 0 Å². The van der Waals surface area contributed by atoms with Gasteiger partial charge in [0, 0.05) is 19.3 Å². The third-order valence-corrected chi connectivity index (χ3v) is 4.74. The van der Waals surface area contributed by atoms with Crippen LogP contribution in [-0.4, -0.2) is 37.5 Å². The van der Waals surface area contributed by atoms with Gasteiger partial charge in [0.05, 0.1) is 6.61 Å². The van der Waals surface area contributed by atoms with Crippen LogP contribution in [0, 0.1) is 0 Å². The fraction of sp³-hybridized carbons (Fsp3) is 1.00. The van der Waals surface area contributed by atoms with Gasteiger partial charge >= 0.3 is 7.60 Å². The maximum atomic E-state index is 12.2. The first kappa shape index (κ1) is 18.1. The lowest BCUT2D eigenvalue weighted by Crippen LogP contribution is -2.28. The first-order valence-electron chi connectivity index (χ1n) is 7.22. The van der Waals surface area contributed by atoms with E-state index >= 15 is 0 Å². The normalized spacial score (nSPS) is 14.9. The van der Waals surface area contributed by atoms with Crippen LogP contribution < -0.4 is 0 Å². The molecule has 0 aromatic carbocycles. The van der Waals surface area contributed by atoms with E-state index in [4.69, 9.17) is 9.05 Å². The SMILES string of the molecule is CCCCN(CCCC)COP(=O)(CC)OCC. The van der Waals surface area contributed by atoms with Crippen molar-refractivity contribution in [2.45, 2.75) is 53.4 Å². The fourth-order valence-electron chi connectivity index (χ4n) is 1.59. The van der Waals surface area contributed by atoms with Crippen LogP contribution in [-0.2, 0) is 13.6 Å². The predicted molar refractivity (Wildman–Crippen MR) is 77.1 cm³/mol. The molecule has 0 aromatic rings. The Morgan fingerprint density at radius 1 is 0.944 bits per heavy atom. The highest BCUT2D eigenvalue weighted by Gasteiger charge is 2.22. The Balaban J connectivity index is 4.16. The zero-order chi connectivity index (χ0) is 13.9. The minimum atomic E-state index is -2.86. The van der Waals surface area contributed by atoms with Crippen LogP contribution in [0.2, 0.25) is 0 Å². The second-order valence-corrected chi connectivity index (χ2v) is 6.80. The van der Waals surface area contributed by atoms with E-state index in [2.05, 4.69) is 18.7 Å². The van der Waals surface area contributed by atoms with Crippen LogP contribution >= 0.6 is 7.60 Å². The van der Waals surface area contributed by atoms with E-state index < -0.39 is 7.60 Å². The zero-order valence-electron chi connectivity index (χ0n) is 12.5. The molecule has 5 heteroatoms. The van der Waals surface area contributed by atoms with Gasteiger partial charge in [-0.05, 0) is 19.8 Å². The Hall–Kier alpha value is 0.110. The van der Waals surface area contributed by atoms with E-state index in [0.717, 1.165) is 25.9 Å². The molecule has 0 heterocycles. The molecule has 0 aromatic heterocycles. The Bertz CT molecular complexity index is 228. The van der Waals surface area contributed by atoms with Crippen molar-refractivity contribution in [1.29, 1.82) is 0 Å². The van der Waals surface area contributed by atoms with E-state index in [-0.39, 0.29) is 0 Å². The van der Waals surface area contributed by atoms with Gasteiger partial charge in [-0.25, -0.2) is 0 Å². The lowest BCUT2D eigenvalue weighted by molar-refractivity contribution is 0.101. The monoisotopic (exact) mass is 279 g/mol. The van der Waals surface area contributed by atoms with Gasteiger partial charge < -0.3 is 4.52 Å². The van der Waals surface area contributed by atoms with Crippen molar-refractivity contribution in [1.82, 2.24) is 4.90 Å². The second-order valence-electron chi connectivity index (χ2n) is 4.43. The molecule has 0 aliphatic rings. The van der Waals surface area contributed by atoms with E-state index in [0.29, 0.717) is 19.5 Å². The maximum Gasteiger partial charge on any atom is 0.331 e. The predicted octanol–water partition coefficient (Wildman–Crippen LogP) is 4.11. The standard InChI is InChI=1S/C13H30NO3P/c1-5-9-11-14(12-10-6-2)13-17-18(15,8-4)16-7-3/h5-13H2,1-4H3. The quantitative estimate of drug-likeness (QED) is 0.398. The highest BCUT2D eigenvalue weighted by atomic mass is 31.2. The summed E-state index contributed by atoms with van der Waals surface area (Å²) in [6.07, 6.45) is 5.07. The molecule has 18 heavy (non-hydrogen) atoms. The van der Waals surface area contributed by atoms with Crippen molar-refractivity contribution in [2.24, 2.45) is 0 Å². The number of hydrogen-bond donors (Lipinski definition) is 0. The summed E-state index contributed by atoms with van der Waals surface area (Å²) in [5, 5.41) is 0. The molecule has 0 saturated heterocycles. The van der Waals surface area contributed by atoms with Gasteiger partial charge in [0.1, 0.15) is 6.73 Å². The molecule has 0 saturated carbocycles. The summed E-state index contributed by atoms with van der Waals surface area (Å²) in [7, 11) is -2.86. The third kappa shape index (κ3) is 8.25. The topological polar surface area (TPSA) is 38.8 Å². The molecule has 110 valence electrons. The maximum absolute atomic E-state index is 12.2. The number of nitrogens with zero attached hydrogens (tertiary/aromatic N) is 1. The number of unbranched alkanes of at least 4 members (excludes halogenated alkanes) is 2. The van der Waals surface area contributed by atoms with Gasteiger partial charge in [0.25, 0.3) is 0 Å². The van der Waals surface area contributed by atoms with Gasteiger partial charge in [0.15, 0.2) is 0 Å². The molecular formula is C13H30NO3P. The van der Waals surface area contributed by atoms with Crippen LogP contribution in [0.3, 0.4) is 0 Å². The summed E-state index contributed by atoms with van der Waals surface area (Å²) >= 11 is 0. The van der Waals surface area contributed by atoms with Gasteiger partial charge in [-0.1, -0.05) is 33.6 Å². The van der Waals surface area contributed by atoms with Crippen LogP contribution in [0.4, 0.5) is 0 Å². The number of rotatable bonds is 12. The van der Waals surface area contributed by atoms with Crippen molar-refractivity contribution < 1.29 is 13.6 Å². The molecule has 0 fully saturated rings. The lowest BCUT2D eigenvalue weighted by atomic mass is 10.3. The summed E-state index contributed by atoms with van der Waals surface area (Å²) in [6, 6.07) is 0. The molecule has 0 amide bonds. The molecule has 0 rings (SSSR count). The molecule has 0 spiro atoms. The van der Waals surface area contributed by atoms with Crippen LogP contribution in [0.1, 0.15) is 53.4 Å². The highest BCUT2D eigenvalue weighted by Crippen LogP contribution is 2.47. The molecule has 0 bridgehead atoms. The minimum Gasteiger partial charge on any atom is -0.309 e. The van der Waals surface area contributed by atoms with Gasteiger partial charge in [-0.3, -0.25) is 14.0 Å². The van der Waals surface area contributed by atoms with Crippen LogP contribution in [0.15, 0.2) is 0 Å². The van der Waals surface area contributed by atoms with Crippen molar-refractivity contribution >= 4 is 7.60 Å². The fourth-order valence-corrected chi connectivity index (χ4v) is 2.76. The Morgan fingerprint density at radius 2 is 1.50 bits per heavy atom. The Kier molecular flexibility index (Phi) is 11.0. The van der Waals surface area contributed by atoms with Crippen molar-refractivity contribution in [3.63, 3.8) is 0 Å². The second kappa shape index (κ2) is 11.0. The Labute approximate surface area is 113 Å². The molecule has 1 unspecified atom stereocenters. The average molecular weight is 279 g/mol.